The highest BCUT2D eigenvalue weighted by molar-refractivity contribution is 7.80. The maximum atomic E-state index is 12.7. The summed E-state index contributed by atoms with van der Waals surface area (Å²) in [6.07, 6.45) is 0.570. The summed E-state index contributed by atoms with van der Waals surface area (Å²) in [6.45, 7) is 0.454. The minimum Gasteiger partial charge on any atom is -0.480 e. The van der Waals surface area contributed by atoms with Gasteiger partial charge in [0.25, 0.3) is 0 Å². The van der Waals surface area contributed by atoms with E-state index in [1.54, 1.807) is 0 Å². The van der Waals surface area contributed by atoms with E-state index < -0.39 is 59.7 Å². The lowest BCUT2D eigenvalue weighted by atomic mass is 10.1. The van der Waals surface area contributed by atoms with Crippen LogP contribution < -0.4 is 38.9 Å². The molecule has 0 spiro atoms. The van der Waals surface area contributed by atoms with Gasteiger partial charge in [-0.15, -0.1) is 0 Å². The highest BCUT2D eigenvalue weighted by Gasteiger charge is 2.30. The zero-order valence-corrected chi connectivity index (χ0v) is 19.7. The first-order valence-electron chi connectivity index (χ1n) is 10.7. The third-order valence-electron chi connectivity index (χ3n) is 4.73. The minimum atomic E-state index is -1.46. The first-order chi connectivity index (χ1) is 15.9. The summed E-state index contributed by atoms with van der Waals surface area (Å²) in [5.74, 6) is -5.38. The smallest absolute Gasteiger partial charge is 0.326 e. The summed E-state index contributed by atoms with van der Waals surface area (Å²) in [5, 5.41) is 16.3. The number of hydrogen-bond acceptors (Lipinski definition) is 9. The van der Waals surface area contributed by atoms with Crippen molar-refractivity contribution < 1.29 is 33.9 Å². The lowest BCUT2D eigenvalue weighted by Crippen LogP contribution is -2.57. The average Bonchev–Trinajstić information content (AvgIpc) is 2.76. The number of hydrogen-bond donors (Lipinski definition) is 9. The van der Waals surface area contributed by atoms with Gasteiger partial charge in [-0.25, -0.2) is 4.79 Å². The number of primary amides is 2. The zero-order chi connectivity index (χ0) is 26.3. The average molecular weight is 506 g/mol. The topological polar surface area (TPSA) is 263 Å². The lowest BCUT2D eigenvalue weighted by Gasteiger charge is -2.24. The molecule has 0 aliphatic rings. The van der Waals surface area contributed by atoms with Crippen LogP contribution in [-0.2, 0) is 28.8 Å². The first-order valence-corrected chi connectivity index (χ1v) is 11.3. The fourth-order valence-corrected chi connectivity index (χ4v) is 3.01. The minimum absolute atomic E-state index is 0.131. The summed E-state index contributed by atoms with van der Waals surface area (Å²) >= 11 is 4.04. The van der Waals surface area contributed by atoms with Crippen LogP contribution in [0.5, 0.6) is 0 Å². The number of carboxylic acid groups (broad SMARTS) is 1. The third kappa shape index (κ3) is 13.0. The number of rotatable bonds is 18. The molecule has 0 aliphatic carbocycles. The van der Waals surface area contributed by atoms with Gasteiger partial charge in [-0.05, 0) is 32.2 Å². The number of nitrogens with one attached hydrogen (secondary N) is 3. The van der Waals surface area contributed by atoms with Crippen LogP contribution in [0.2, 0.25) is 0 Å². The summed E-state index contributed by atoms with van der Waals surface area (Å²) < 4.78 is 0. The summed E-state index contributed by atoms with van der Waals surface area (Å²) in [7, 11) is 0. The summed E-state index contributed by atoms with van der Waals surface area (Å²) in [4.78, 5) is 71.1. The van der Waals surface area contributed by atoms with Crippen LogP contribution in [0.25, 0.3) is 0 Å². The van der Waals surface area contributed by atoms with Crippen molar-refractivity contribution in [3.8, 4) is 0 Å². The van der Waals surface area contributed by atoms with E-state index in [1.807, 2.05) is 0 Å². The molecule has 0 bridgehead atoms. The monoisotopic (exact) mass is 505 g/mol. The van der Waals surface area contributed by atoms with Gasteiger partial charge < -0.3 is 44.0 Å². The van der Waals surface area contributed by atoms with Crippen LogP contribution >= 0.6 is 12.6 Å². The van der Waals surface area contributed by atoms with Crippen LogP contribution in [0.4, 0.5) is 0 Å². The van der Waals surface area contributed by atoms with Gasteiger partial charge >= 0.3 is 5.97 Å². The molecule has 4 atom stereocenters. The van der Waals surface area contributed by atoms with E-state index in [0.717, 1.165) is 0 Å². The van der Waals surface area contributed by atoms with Gasteiger partial charge in [0.2, 0.25) is 29.5 Å². The molecule has 5 amide bonds. The van der Waals surface area contributed by atoms with Gasteiger partial charge in [-0.1, -0.05) is 6.42 Å². The van der Waals surface area contributed by atoms with Crippen molar-refractivity contribution in [1.29, 1.82) is 0 Å². The molecule has 15 heteroatoms. The Hall–Kier alpha value is -2.91. The van der Waals surface area contributed by atoms with E-state index in [4.69, 9.17) is 22.9 Å². The predicted molar refractivity (Wildman–Crippen MR) is 125 cm³/mol. The second-order valence-electron chi connectivity index (χ2n) is 7.61. The van der Waals surface area contributed by atoms with Crippen molar-refractivity contribution in [3.05, 3.63) is 0 Å². The Balaban J connectivity index is 5.27. The van der Waals surface area contributed by atoms with Gasteiger partial charge in [0.1, 0.15) is 18.1 Å². The molecule has 0 aromatic carbocycles. The molecule has 0 heterocycles. The number of carbonyl (C=O) groups excluding carboxylic acids is 5. The second kappa shape index (κ2) is 16.7. The van der Waals surface area contributed by atoms with E-state index in [0.29, 0.717) is 25.8 Å². The second-order valence-corrected chi connectivity index (χ2v) is 7.97. The molecule has 0 saturated carbocycles. The lowest BCUT2D eigenvalue weighted by molar-refractivity contribution is -0.142. The molecular formula is C19H35N7O7S. The molecule has 14 nitrogen and oxygen atoms in total. The van der Waals surface area contributed by atoms with Crippen LogP contribution in [0.1, 0.15) is 44.9 Å². The van der Waals surface area contributed by atoms with Gasteiger partial charge in [0, 0.05) is 18.6 Å². The van der Waals surface area contributed by atoms with Crippen LogP contribution in [0, 0.1) is 0 Å². The molecule has 0 fully saturated rings. The number of carbonyl (C=O) groups is 6. The predicted octanol–water partition coefficient (Wildman–Crippen LogP) is -3.56. The number of nitrogens with two attached hydrogens (primary N) is 4. The van der Waals surface area contributed by atoms with E-state index in [2.05, 4.69) is 28.6 Å². The van der Waals surface area contributed by atoms with E-state index in [-0.39, 0.29) is 31.4 Å². The Bertz CT molecular complexity index is 738. The maximum absolute atomic E-state index is 12.7. The van der Waals surface area contributed by atoms with Crippen molar-refractivity contribution >= 4 is 48.1 Å². The molecule has 34 heavy (non-hydrogen) atoms. The van der Waals surface area contributed by atoms with Crippen molar-refractivity contribution in [2.75, 3.05) is 12.3 Å². The molecule has 4 unspecified atom stereocenters. The van der Waals surface area contributed by atoms with Crippen molar-refractivity contribution in [2.24, 2.45) is 22.9 Å². The Morgan fingerprint density at radius 3 is 1.68 bits per heavy atom. The largest absolute Gasteiger partial charge is 0.480 e. The molecule has 0 rings (SSSR count). The molecule has 12 N–H and O–H groups in total. The zero-order valence-electron chi connectivity index (χ0n) is 18.8. The Labute approximate surface area is 202 Å². The van der Waals surface area contributed by atoms with Gasteiger partial charge in [-0.3, -0.25) is 24.0 Å². The molecule has 0 aromatic rings. The van der Waals surface area contributed by atoms with Crippen LogP contribution in [0.3, 0.4) is 0 Å². The number of unbranched alkanes of at least 4 members (excludes halogenated alkanes) is 1. The highest BCUT2D eigenvalue weighted by atomic mass is 32.1. The van der Waals surface area contributed by atoms with Gasteiger partial charge in [-0.2, -0.15) is 12.6 Å². The van der Waals surface area contributed by atoms with Gasteiger partial charge in [0.05, 0.1) is 6.04 Å². The highest BCUT2D eigenvalue weighted by Crippen LogP contribution is 2.04. The summed E-state index contributed by atoms with van der Waals surface area (Å²) in [5.41, 5.74) is 21.3. The standard InChI is InChI=1S/C19H35N7O7S/c20-8-2-1-3-10(21)16(29)26-13(9-34)18(31)24-11(4-6-14(22)27)17(30)25-12(19(32)33)5-7-15(23)28/h10-13,34H,1-9,20-21H2,(H2,22,27)(H2,23,28)(H,24,31)(H,25,30)(H,26,29)(H,32,33). The quantitative estimate of drug-likeness (QED) is 0.0658. The fourth-order valence-electron chi connectivity index (χ4n) is 2.76. The molecule has 0 saturated heterocycles. The summed E-state index contributed by atoms with van der Waals surface area (Å²) in [6, 6.07) is -4.85. The number of carboxylic acids is 1. The van der Waals surface area contributed by atoms with E-state index in [1.165, 1.54) is 0 Å². The Kier molecular flexibility index (Phi) is 15.2. The van der Waals surface area contributed by atoms with E-state index in [9.17, 15) is 33.9 Å². The number of thiol groups is 1. The Morgan fingerprint density at radius 1 is 0.735 bits per heavy atom. The third-order valence-corrected chi connectivity index (χ3v) is 5.09. The van der Waals surface area contributed by atoms with Crippen molar-refractivity contribution in [1.82, 2.24) is 16.0 Å². The molecular weight excluding hydrogens is 470 g/mol. The maximum Gasteiger partial charge on any atom is 0.326 e. The van der Waals surface area contributed by atoms with Crippen molar-refractivity contribution in [2.45, 2.75) is 69.1 Å². The number of aliphatic carboxylic acids is 1. The van der Waals surface area contributed by atoms with E-state index >= 15 is 0 Å². The normalized spacial score (nSPS) is 14.2. The molecule has 0 aliphatic heterocycles. The fraction of sp³-hybridized carbons (Fsp3) is 0.684. The molecule has 0 radical (unpaired) electrons. The van der Waals surface area contributed by atoms with Crippen LogP contribution in [-0.4, -0.2) is 77.1 Å². The van der Waals surface area contributed by atoms with Gasteiger partial charge in [0.15, 0.2) is 0 Å². The number of amides is 5. The SMILES string of the molecule is NCCCCC(N)C(=O)NC(CS)C(=O)NC(CCC(N)=O)C(=O)NC(CCC(N)=O)C(=O)O. The first kappa shape index (κ1) is 31.1. The van der Waals surface area contributed by atoms with Crippen LogP contribution in [0.15, 0.2) is 0 Å². The van der Waals surface area contributed by atoms with Crippen molar-refractivity contribution in [3.63, 3.8) is 0 Å². The molecule has 194 valence electrons. The molecule has 0 aromatic heterocycles. The Morgan fingerprint density at radius 2 is 1.21 bits per heavy atom.